The summed E-state index contributed by atoms with van der Waals surface area (Å²) in [7, 11) is 5.35. The average molecular weight is 767 g/mol. The normalized spacial score (nSPS) is 16.8. The monoisotopic (exact) mass is 766 g/mol. The van der Waals surface area contributed by atoms with Gasteiger partial charge in [0.25, 0.3) is 0 Å². The zero-order valence-corrected chi connectivity index (χ0v) is 33.9. The summed E-state index contributed by atoms with van der Waals surface area (Å²) >= 11 is 0. The van der Waals surface area contributed by atoms with Crippen LogP contribution < -0.4 is 0 Å². The highest BCUT2D eigenvalue weighted by Gasteiger charge is 2.42. The number of allylic oxidation sites excluding steroid dienone is 2. The second kappa shape index (κ2) is 17.1. The van der Waals surface area contributed by atoms with Gasteiger partial charge >= 0.3 is 23.9 Å². The lowest BCUT2D eigenvalue weighted by molar-refractivity contribution is -0.141. The SMILES string of the molecule is C=CCC1c2cc3[nH]c(cc4[nH]c(cc5nc(cc(n2)C1(C)C)C(CC=C)C5(C)C)c(CC(=O)OC)c4CCC(=O)OC)c(CCC(=O)OC)c3CC(=O)OC. The van der Waals surface area contributed by atoms with Crippen molar-refractivity contribution in [2.45, 2.75) is 102 Å². The van der Waals surface area contributed by atoms with Crippen LogP contribution >= 0.6 is 0 Å². The van der Waals surface area contributed by atoms with Gasteiger partial charge in [-0.25, -0.2) is 0 Å². The molecule has 3 aromatic rings. The molecule has 2 N–H and O–H groups in total. The van der Waals surface area contributed by atoms with Gasteiger partial charge in [-0.15, -0.1) is 13.2 Å². The summed E-state index contributed by atoms with van der Waals surface area (Å²) in [6.45, 7) is 16.8. The van der Waals surface area contributed by atoms with E-state index in [1.165, 1.54) is 28.4 Å². The van der Waals surface area contributed by atoms with Crippen LogP contribution in [0.3, 0.4) is 0 Å². The third kappa shape index (κ3) is 8.34. The lowest BCUT2D eigenvalue weighted by atomic mass is 9.73. The number of esters is 4. The van der Waals surface area contributed by atoms with Crippen molar-refractivity contribution in [3.8, 4) is 0 Å². The first kappa shape index (κ1) is 41.6. The Morgan fingerprint density at radius 1 is 0.589 bits per heavy atom. The molecule has 0 fully saturated rings. The predicted molar refractivity (Wildman–Crippen MR) is 214 cm³/mol. The second-order valence-electron chi connectivity index (χ2n) is 15.5. The van der Waals surface area contributed by atoms with Crippen LogP contribution in [0.5, 0.6) is 0 Å². The van der Waals surface area contributed by atoms with Crippen LogP contribution in [0.4, 0.5) is 0 Å². The summed E-state index contributed by atoms with van der Waals surface area (Å²) in [6.07, 6.45) is 5.57. The van der Waals surface area contributed by atoms with Gasteiger partial charge in [-0.05, 0) is 72.2 Å². The molecule has 0 aromatic carbocycles. The molecular weight excluding hydrogens is 713 g/mol. The highest BCUT2D eigenvalue weighted by Crippen LogP contribution is 2.48. The quantitative estimate of drug-likeness (QED) is 0.0973. The molecule has 3 aromatic heterocycles. The Morgan fingerprint density at radius 2 is 0.964 bits per heavy atom. The maximum Gasteiger partial charge on any atom is 0.310 e. The van der Waals surface area contributed by atoms with E-state index in [2.05, 4.69) is 56.9 Å². The minimum Gasteiger partial charge on any atom is -0.469 e. The number of rotatable bonds is 14. The Kier molecular flexibility index (Phi) is 12.7. The molecule has 8 bridgehead atoms. The Bertz CT molecular complexity index is 2210. The molecule has 0 radical (unpaired) electrons. The number of methoxy groups -OCH3 is 4. The van der Waals surface area contributed by atoms with Crippen molar-refractivity contribution in [2.75, 3.05) is 28.4 Å². The molecule has 2 unspecified atom stereocenters. The van der Waals surface area contributed by atoms with E-state index in [9.17, 15) is 19.2 Å². The maximum atomic E-state index is 13.0. The van der Waals surface area contributed by atoms with Gasteiger partial charge in [0.05, 0.1) is 41.3 Å². The Labute approximate surface area is 328 Å². The topological polar surface area (TPSA) is 163 Å². The zero-order valence-electron chi connectivity index (χ0n) is 33.9. The Balaban J connectivity index is 2.04. The van der Waals surface area contributed by atoms with Gasteiger partial charge in [0.2, 0.25) is 0 Å². The second-order valence-corrected chi connectivity index (χ2v) is 15.5. The number of nitrogens with zero attached hydrogens (tertiary/aromatic N) is 2. The fraction of sp³-hybridized carbons (Fsp3) is 0.455. The number of carbonyl (C=O) groups excluding carboxylic acids is 4. The Hall–Kier alpha value is -5.52. The number of hydrogen-bond donors (Lipinski definition) is 2. The number of nitrogens with one attached hydrogen (secondary N) is 2. The first-order chi connectivity index (χ1) is 26.6. The molecule has 12 heteroatoms. The van der Waals surface area contributed by atoms with Crippen molar-refractivity contribution in [1.82, 2.24) is 19.9 Å². The third-order valence-electron chi connectivity index (χ3n) is 11.5. The van der Waals surface area contributed by atoms with Gasteiger partial charge in [0, 0.05) is 80.3 Å². The molecule has 56 heavy (non-hydrogen) atoms. The van der Waals surface area contributed by atoms with Crippen molar-refractivity contribution >= 4 is 45.9 Å². The smallest absolute Gasteiger partial charge is 0.310 e. The van der Waals surface area contributed by atoms with Gasteiger partial charge < -0.3 is 28.9 Å². The van der Waals surface area contributed by atoms with E-state index in [0.29, 0.717) is 57.2 Å². The fourth-order valence-corrected chi connectivity index (χ4v) is 8.06. The standard InChI is InChI=1S/C44H54N4O8/c1-11-13-29-35-22-33-27(19-41(51)55-9)25(15-17-39(49)53-7)31(45-33)21-32-26(16-18-40(50)54-8)28(20-42(52)56-10)34(46-32)23-37-44(5,6)30(14-12-2)36(48-37)24-38(47-35)43(29,3)4/h11-12,21-24,29-30,45-46H,1-2,13-20H2,3-10H3. The zero-order chi connectivity index (χ0) is 40.9. The summed E-state index contributed by atoms with van der Waals surface area (Å²) in [4.78, 5) is 68.9. The van der Waals surface area contributed by atoms with Crippen LogP contribution in [0.1, 0.15) is 110 Å². The highest BCUT2D eigenvalue weighted by molar-refractivity contribution is 5.86. The van der Waals surface area contributed by atoms with Crippen LogP contribution in [0.2, 0.25) is 0 Å². The lowest BCUT2D eigenvalue weighted by Gasteiger charge is -2.28. The number of carbonyl (C=O) groups is 4. The minimum atomic E-state index is -0.454. The van der Waals surface area contributed by atoms with E-state index in [-0.39, 0.29) is 50.4 Å². The largest absolute Gasteiger partial charge is 0.469 e. The molecule has 0 saturated carbocycles. The van der Waals surface area contributed by atoms with Crippen LogP contribution in [0.15, 0.2) is 49.6 Å². The van der Waals surface area contributed by atoms with E-state index < -0.39 is 34.7 Å². The molecule has 2 atom stereocenters. The van der Waals surface area contributed by atoms with Crippen molar-refractivity contribution < 1.29 is 38.1 Å². The van der Waals surface area contributed by atoms with Crippen molar-refractivity contribution in [1.29, 1.82) is 0 Å². The maximum absolute atomic E-state index is 13.0. The van der Waals surface area contributed by atoms with E-state index in [1.54, 1.807) is 0 Å². The van der Waals surface area contributed by atoms with Gasteiger partial charge in [-0.2, -0.15) is 0 Å². The van der Waals surface area contributed by atoms with Gasteiger partial charge in [-0.3, -0.25) is 29.1 Å². The first-order valence-electron chi connectivity index (χ1n) is 18.9. The Morgan fingerprint density at radius 3 is 1.38 bits per heavy atom. The molecule has 5 rings (SSSR count). The minimum absolute atomic E-state index is 0.0234. The van der Waals surface area contributed by atoms with Crippen molar-refractivity contribution in [3.63, 3.8) is 0 Å². The summed E-state index contributed by atoms with van der Waals surface area (Å²) in [5, 5.41) is 0. The number of ether oxygens (including phenoxy) is 4. The molecule has 0 saturated heterocycles. The number of aryl methyl sites for hydroxylation is 2. The van der Waals surface area contributed by atoms with Crippen molar-refractivity contribution in [3.05, 3.63) is 94.6 Å². The molecular formula is C44H54N4O8. The molecule has 2 aliphatic rings. The lowest BCUT2D eigenvalue weighted by Crippen LogP contribution is -2.23. The predicted octanol–water partition coefficient (Wildman–Crippen LogP) is 7.23. The van der Waals surface area contributed by atoms with E-state index in [1.807, 2.05) is 30.4 Å². The summed E-state index contributed by atoms with van der Waals surface area (Å²) in [5.41, 5.74) is 7.75. The van der Waals surface area contributed by atoms with Crippen LogP contribution in [-0.4, -0.2) is 72.3 Å². The number of aromatic amines is 2. The third-order valence-corrected chi connectivity index (χ3v) is 11.5. The number of aromatic nitrogens is 4. The molecule has 2 aliphatic heterocycles. The molecule has 0 amide bonds. The van der Waals surface area contributed by atoms with Crippen LogP contribution in [0, 0.1) is 0 Å². The van der Waals surface area contributed by atoms with E-state index in [4.69, 9.17) is 28.9 Å². The summed E-state index contributed by atoms with van der Waals surface area (Å²) < 4.78 is 20.3. The average Bonchev–Trinajstić information content (AvgIpc) is 3.80. The van der Waals surface area contributed by atoms with Crippen LogP contribution in [0.25, 0.3) is 22.1 Å². The number of H-pyrrole nitrogens is 2. The molecule has 12 nitrogen and oxygen atoms in total. The molecule has 0 spiro atoms. The van der Waals surface area contributed by atoms with Crippen LogP contribution in [-0.2, 0) is 74.6 Å². The van der Waals surface area contributed by atoms with E-state index in [0.717, 1.165) is 22.8 Å². The van der Waals surface area contributed by atoms with Gasteiger partial charge in [0.1, 0.15) is 0 Å². The molecule has 0 aliphatic carbocycles. The molecule has 5 heterocycles. The molecule has 298 valence electrons. The van der Waals surface area contributed by atoms with Gasteiger partial charge in [-0.1, -0.05) is 39.8 Å². The van der Waals surface area contributed by atoms with Gasteiger partial charge in [0.15, 0.2) is 0 Å². The summed E-state index contributed by atoms with van der Waals surface area (Å²) in [6, 6.07) is 7.96. The first-order valence-corrected chi connectivity index (χ1v) is 18.9. The number of fused-ring (bicyclic) bond motifs is 8. The van der Waals surface area contributed by atoms with Crippen molar-refractivity contribution in [2.24, 2.45) is 0 Å². The van der Waals surface area contributed by atoms with E-state index >= 15 is 0 Å². The number of hydrogen-bond acceptors (Lipinski definition) is 10. The fourth-order valence-electron chi connectivity index (χ4n) is 8.06. The highest BCUT2D eigenvalue weighted by atomic mass is 16.5. The summed E-state index contributed by atoms with van der Waals surface area (Å²) in [5.74, 6) is -1.80.